The highest BCUT2D eigenvalue weighted by Crippen LogP contribution is 2.28. The highest BCUT2D eigenvalue weighted by molar-refractivity contribution is 5.71. The predicted molar refractivity (Wildman–Crippen MR) is 57.3 cm³/mol. The molecule has 0 N–H and O–H groups in total. The van der Waals surface area contributed by atoms with E-state index >= 15 is 0 Å². The first-order valence-corrected chi connectivity index (χ1v) is 5.48. The molecule has 3 rings (SSSR count). The van der Waals surface area contributed by atoms with Crippen molar-refractivity contribution in [3.8, 4) is 5.75 Å². The lowest BCUT2D eigenvalue weighted by molar-refractivity contribution is 0.0348. The molecular weight excluding hydrogens is 206 g/mol. The summed E-state index contributed by atoms with van der Waals surface area (Å²) in [5.41, 5.74) is 0. The zero-order valence-corrected chi connectivity index (χ0v) is 8.83. The fourth-order valence-electron chi connectivity index (χ4n) is 2.27. The largest absolute Gasteiger partial charge is 0.415 e. The van der Waals surface area contributed by atoms with Gasteiger partial charge in [0, 0.05) is 0 Å². The number of morpholine rings is 1. The summed E-state index contributed by atoms with van der Waals surface area (Å²) >= 11 is 0. The van der Waals surface area contributed by atoms with Crippen LogP contribution in [0.25, 0.3) is 0 Å². The maximum Gasteiger partial charge on any atom is 0.415 e. The molecule has 16 heavy (non-hydrogen) atoms. The first-order chi connectivity index (χ1) is 7.83. The fourth-order valence-corrected chi connectivity index (χ4v) is 2.27. The number of nitrogens with zero attached hydrogens (tertiary/aromatic N) is 1. The number of likely N-dealkylation sites (tertiary alicyclic amines) is 1. The van der Waals surface area contributed by atoms with Crippen LogP contribution in [0, 0.1) is 0 Å². The van der Waals surface area contributed by atoms with Crippen molar-refractivity contribution in [2.75, 3.05) is 13.2 Å². The van der Waals surface area contributed by atoms with Crippen LogP contribution in [-0.2, 0) is 4.74 Å². The molecule has 1 amide bonds. The number of hydrogen-bond acceptors (Lipinski definition) is 3. The number of fused-ring (bicyclic) bond motifs is 2. The monoisotopic (exact) mass is 219 g/mol. The summed E-state index contributed by atoms with van der Waals surface area (Å²) in [7, 11) is 0. The highest BCUT2D eigenvalue weighted by Gasteiger charge is 2.42. The van der Waals surface area contributed by atoms with Gasteiger partial charge in [0.25, 0.3) is 0 Å². The van der Waals surface area contributed by atoms with E-state index in [1.165, 1.54) is 0 Å². The van der Waals surface area contributed by atoms with Crippen LogP contribution < -0.4 is 4.74 Å². The third-order valence-corrected chi connectivity index (χ3v) is 3.08. The number of rotatable bonds is 1. The van der Waals surface area contributed by atoms with Gasteiger partial charge in [-0.3, -0.25) is 4.90 Å². The van der Waals surface area contributed by atoms with Crippen molar-refractivity contribution in [3.63, 3.8) is 0 Å². The molecule has 1 aromatic rings. The van der Waals surface area contributed by atoms with Gasteiger partial charge >= 0.3 is 6.09 Å². The Balaban J connectivity index is 1.66. The molecule has 2 heterocycles. The summed E-state index contributed by atoms with van der Waals surface area (Å²) < 4.78 is 10.7. The Kier molecular flexibility index (Phi) is 2.29. The molecule has 0 aliphatic carbocycles. The molecular formula is C12H13NO3. The summed E-state index contributed by atoms with van der Waals surface area (Å²) in [6, 6.07) is 9.36. The van der Waals surface area contributed by atoms with E-state index in [0.29, 0.717) is 18.9 Å². The predicted octanol–water partition coefficient (Wildman–Crippen LogP) is 1.66. The number of carbonyl (C=O) groups excluding carboxylic acids is 1. The molecule has 2 saturated heterocycles. The van der Waals surface area contributed by atoms with E-state index in [2.05, 4.69) is 0 Å². The quantitative estimate of drug-likeness (QED) is 0.721. The molecule has 1 aromatic carbocycles. The maximum absolute atomic E-state index is 11.9. The Hall–Kier alpha value is -1.55. The molecule has 4 nitrogen and oxygen atoms in total. The second kappa shape index (κ2) is 3.79. The Bertz CT molecular complexity index is 393. The van der Waals surface area contributed by atoms with Crippen LogP contribution in [0.5, 0.6) is 5.75 Å². The molecule has 0 aromatic heterocycles. The van der Waals surface area contributed by atoms with E-state index in [1.54, 1.807) is 17.0 Å². The topological polar surface area (TPSA) is 38.8 Å². The van der Waals surface area contributed by atoms with Gasteiger partial charge in [-0.2, -0.15) is 0 Å². The molecule has 2 unspecified atom stereocenters. The Labute approximate surface area is 93.8 Å². The SMILES string of the molecule is O=C(Oc1ccccc1)N1CC2CC1CO2. The van der Waals surface area contributed by atoms with E-state index in [4.69, 9.17) is 9.47 Å². The molecule has 0 spiro atoms. The van der Waals surface area contributed by atoms with Gasteiger partial charge in [-0.25, -0.2) is 4.79 Å². The Morgan fingerprint density at radius 2 is 2.19 bits per heavy atom. The van der Waals surface area contributed by atoms with Crippen LogP contribution in [0.3, 0.4) is 0 Å². The van der Waals surface area contributed by atoms with Gasteiger partial charge in [-0.05, 0) is 18.6 Å². The van der Waals surface area contributed by atoms with Gasteiger partial charge < -0.3 is 9.47 Å². The minimum atomic E-state index is -0.262. The molecule has 2 aliphatic rings. The standard InChI is InChI=1S/C12H13NO3/c14-12(16-10-4-2-1-3-5-10)13-7-11-6-9(13)8-15-11/h1-5,9,11H,6-8H2. The average molecular weight is 219 g/mol. The number of para-hydroxylation sites is 1. The van der Waals surface area contributed by atoms with E-state index in [0.717, 1.165) is 6.42 Å². The number of benzene rings is 1. The molecule has 84 valence electrons. The van der Waals surface area contributed by atoms with E-state index < -0.39 is 0 Å². The van der Waals surface area contributed by atoms with Crippen molar-refractivity contribution < 1.29 is 14.3 Å². The van der Waals surface area contributed by atoms with Gasteiger partial charge in [0.15, 0.2) is 0 Å². The van der Waals surface area contributed by atoms with Gasteiger partial charge in [-0.15, -0.1) is 0 Å². The van der Waals surface area contributed by atoms with E-state index in [-0.39, 0.29) is 18.2 Å². The normalized spacial score (nSPS) is 27.1. The van der Waals surface area contributed by atoms with Crippen molar-refractivity contribution in [1.29, 1.82) is 0 Å². The van der Waals surface area contributed by atoms with Crippen LogP contribution in [0.4, 0.5) is 4.79 Å². The molecule has 0 radical (unpaired) electrons. The van der Waals surface area contributed by atoms with Crippen molar-refractivity contribution in [1.82, 2.24) is 4.90 Å². The Morgan fingerprint density at radius 1 is 1.38 bits per heavy atom. The molecule has 2 fully saturated rings. The Morgan fingerprint density at radius 3 is 2.81 bits per heavy atom. The lowest BCUT2D eigenvalue weighted by Crippen LogP contribution is -2.42. The average Bonchev–Trinajstić information content (AvgIpc) is 2.92. The van der Waals surface area contributed by atoms with Crippen LogP contribution in [-0.4, -0.2) is 36.3 Å². The maximum atomic E-state index is 11.9. The molecule has 2 aliphatic heterocycles. The van der Waals surface area contributed by atoms with Crippen LogP contribution >= 0.6 is 0 Å². The van der Waals surface area contributed by atoms with Gasteiger partial charge in [-0.1, -0.05) is 18.2 Å². The van der Waals surface area contributed by atoms with E-state index in [9.17, 15) is 4.79 Å². The summed E-state index contributed by atoms with van der Waals surface area (Å²) in [6.07, 6.45) is 0.902. The highest BCUT2D eigenvalue weighted by atomic mass is 16.6. The third kappa shape index (κ3) is 1.65. The summed E-state index contributed by atoms with van der Waals surface area (Å²) in [5.74, 6) is 0.594. The van der Waals surface area contributed by atoms with Crippen molar-refractivity contribution >= 4 is 6.09 Å². The van der Waals surface area contributed by atoms with Gasteiger partial charge in [0.05, 0.1) is 25.3 Å². The number of carbonyl (C=O) groups is 1. The molecule has 2 atom stereocenters. The van der Waals surface area contributed by atoms with Crippen molar-refractivity contribution in [2.24, 2.45) is 0 Å². The third-order valence-electron chi connectivity index (χ3n) is 3.08. The van der Waals surface area contributed by atoms with Crippen LogP contribution in [0.1, 0.15) is 6.42 Å². The van der Waals surface area contributed by atoms with Gasteiger partial charge in [0.1, 0.15) is 5.75 Å². The number of ether oxygens (including phenoxy) is 2. The summed E-state index contributed by atoms with van der Waals surface area (Å²) in [6.45, 7) is 1.31. The lowest BCUT2D eigenvalue weighted by atomic mass is 10.2. The first-order valence-electron chi connectivity index (χ1n) is 5.48. The van der Waals surface area contributed by atoms with Crippen LogP contribution in [0.2, 0.25) is 0 Å². The number of hydrogen-bond donors (Lipinski definition) is 0. The van der Waals surface area contributed by atoms with Crippen LogP contribution in [0.15, 0.2) is 30.3 Å². The van der Waals surface area contributed by atoms with Gasteiger partial charge in [0.2, 0.25) is 0 Å². The van der Waals surface area contributed by atoms with E-state index in [1.807, 2.05) is 18.2 Å². The lowest BCUT2D eigenvalue weighted by Gasteiger charge is -2.25. The second-order valence-corrected chi connectivity index (χ2v) is 4.18. The fraction of sp³-hybridized carbons (Fsp3) is 0.417. The first kappa shape index (κ1) is 9.66. The smallest absolute Gasteiger partial charge is 0.410 e. The summed E-state index contributed by atoms with van der Waals surface area (Å²) in [4.78, 5) is 13.6. The second-order valence-electron chi connectivity index (χ2n) is 4.18. The number of amides is 1. The van der Waals surface area contributed by atoms with Crippen molar-refractivity contribution in [3.05, 3.63) is 30.3 Å². The molecule has 4 heteroatoms. The minimum Gasteiger partial charge on any atom is -0.410 e. The molecule has 0 saturated carbocycles. The van der Waals surface area contributed by atoms with Crippen molar-refractivity contribution in [2.45, 2.75) is 18.6 Å². The zero-order chi connectivity index (χ0) is 11.0. The summed E-state index contributed by atoms with van der Waals surface area (Å²) in [5, 5.41) is 0. The zero-order valence-electron chi connectivity index (χ0n) is 8.83. The molecule has 2 bridgehead atoms. The minimum absolute atomic E-state index is 0.209.